The Morgan fingerprint density at radius 2 is 1.41 bits per heavy atom. The molecule has 0 saturated heterocycles. The van der Waals surface area contributed by atoms with Gasteiger partial charge in [-0.15, -0.1) is 11.8 Å². The molecule has 0 saturated carbocycles. The maximum absolute atomic E-state index is 5.84. The lowest BCUT2D eigenvalue weighted by molar-refractivity contribution is 0.851. The summed E-state index contributed by atoms with van der Waals surface area (Å²) in [5, 5.41) is 0. The molecule has 0 atom stereocenters. The fourth-order valence-electron chi connectivity index (χ4n) is 1.52. The Morgan fingerprint density at radius 3 is 1.86 bits per heavy atom. The molecule has 0 bridgehead atoms. The molecule has 1 heterocycles. The van der Waals surface area contributed by atoms with Gasteiger partial charge in [-0.05, 0) is 18.4 Å². The molecule has 0 radical (unpaired) electrons. The van der Waals surface area contributed by atoms with Gasteiger partial charge in [0.25, 0.3) is 0 Å². The van der Waals surface area contributed by atoms with E-state index in [0.29, 0.717) is 5.56 Å². The third kappa shape index (κ3) is 4.67. The normalized spacial score (nSPS) is 12.5. The highest BCUT2D eigenvalue weighted by Gasteiger charge is 2.34. The minimum absolute atomic E-state index is 0.113. The van der Waals surface area contributed by atoms with Crippen LogP contribution in [0.5, 0.6) is 0 Å². The fraction of sp³-hybridized carbons (Fsp3) is 0.250. The SMILES string of the molecule is CSc1cccc(-c2nc(C(Cl)(Cl)Cl)nc(C(Cl)(Cl)Cl)n2)c1. The Balaban J connectivity index is 2.64. The van der Waals surface area contributed by atoms with E-state index in [9.17, 15) is 0 Å². The summed E-state index contributed by atoms with van der Waals surface area (Å²) in [5.41, 5.74) is 0.695. The van der Waals surface area contributed by atoms with Gasteiger partial charge in [-0.1, -0.05) is 81.7 Å². The molecule has 1 aromatic heterocycles. The smallest absolute Gasteiger partial charge is 0.209 e. The molecule has 10 heteroatoms. The van der Waals surface area contributed by atoms with Gasteiger partial charge >= 0.3 is 0 Å². The van der Waals surface area contributed by atoms with Crippen molar-refractivity contribution >= 4 is 81.4 Å². The Kier molecular flexibility index (Phi) is 5.98. The molecule has 3 nitrogen and oxygen atoms in total. The maximum Gasteiger partial charge on any atom is 0.250 e. The van der Waals surface area contributed by atoms with Crippen molar-refractivity contribution in [3.8, 4) is 11.4 Å². The van der Waals surface area contributed by atoms with Crippen molar-refractivity contribution in [2.45, 2.75) is 12.5 Å². The van der Waals surface area contributed by atoms with Crippen molar-refractivity contribution in [2.24, 2.45) is 0 Å². The first kappa shape index (κ1) is 18.7. The second-order valence-corrected chi connectivity index (χ2v) is 9.48. The van der Waals surface area contributed by atoms with Crippen molar-refractivity contribution in [1.29, 1.82) is 0 Å². The van der Waals surface area contributed by atoms with Gasteiger partial charge in [0.1, 0.15) is 0 Å². The zero-order chi connectivity index (χ0) is 16.5. The number of alkyl halides is 6. The summed E-state index contributed by atoms with van der Waals surface area (Å²) in [7, 11) is 0. The van der Waals surface area contributed by atoms with Crippen molar-refractivity contribution < 1.29 is 0 Å². The summed E-state index contributed by atoms with van der Waals surface area (Å²) < 4.78 is -3.72. The average molecular weight is 438 g/mol. The van der Waals surface area contributed by atoms with E-state index in [2.05, 4.69) is 15.0 Å². The van der Waals surface area contributed by atoms with E-state index in [1.54, 1.807) is 17.8 Å². The van der Waals surface area contributed by atoms with E-state index in [0.717, 1.165) is 4.90 Å². The molecule has 0 aliphatic carbocycles. The third-order valence-corrected chi connectivity index (χ3v) is 4.21. The van der Waals surface area contributed by atoms with Gasteiger partial charge in [0.15, 0.2) is 17.5 Å². The summed E-state index contributed by atoms with van der Waals surface area (Å²) in [5.74, 6) is 0.0327. The van der Waals surface area contributed by atoms with Crippen LogP contribution in [-0.2, 0) is 7.59 Å². The lowest BCUT2D eigenvalue weighted by Gasteiger charge is -2.15. The maximum atomic E-state index is 5.84. The van der Waals surface area contributed by atoms with Crippen LogP contribution in [0, 0.1) is 0 Å². The predicted octanol–water partition coefficient (Wildman–Crippen LogP) is 5.91. The van der Waals surface area contributed by atoms with Gasteiger partial charge in [-0.25, -0.2) is 15.0 Å². The molecule has 0 N–H and O–H groups in total. The van der Waals surface area contributed by atoms with Gasteiger partial charge in [-0.3, -0.25) is 0 Å². The lowest BCUT2D eigenvalue weighted by Crippen LogP contribution is -2.16. The van der Waals surface area contributed by atoms with Crippen molar-refractivity contribution in [2.75, 3.05) is 6.26 Å². The van der Waals surface area contributed by atoms with Crippen LogP contribution in [0.2, 0.25) is 0 Å². The molecular weight excluding hydrogens is 431 g/mol. The quantitative estimate of drug-likeness (QED) is 0.432. The lowest BCUT2D eigenvalue weighted by atomic mass is 10.2. The predicted molar refractivity (Wildman–Crippen MR) is 95.5 cm³/mol. The number of hydrogen-bond acceptors (Lipinski definition) is 4. The van der Waals surface area contributed by atoms with Crippen molar-refractivity contribution in [3.63, 3.8) is 0 Å². The van der Waals surface area contributed by atoms with Crippen LogP contribution >= 0.6 is 81.4 Å². The third-order valence-electron chi connectivity index (χ3n) is 2.47. The van der Waals surface area contributed by atoms with E-state index in [1.165, 1.54) is 0 Å². The summed E-state index contributed by atoms with van der Waals surface area (Å²) in [6.07, 6.45) is 1.95. The number of aromatic nitrogens is 3. The van der Waals surface area contributed by atoms with Gasteiger partial charge in [0.2, 0.25) is 7.59 Å². The molecule has 2 rings (SSSR count). The number of benzene rings is 1. The molecule has 0 aliphatic rings. The van der Waals surface area contributed by atoms with Crippen LogP contribution in [-0.4, -0.2) is 21.2 Å². The van der Waals surface area contributed by atoms with Crippen LogP contribution in [0.25, 0.3) is 11.4 Å². The van der Waals surface area contributed by atoms with Gasteiger partial charge in [0.05, 0.1) is 0 Å². The van der Waals surface area contributed by atoms with Gasteiger partial charge < -0.3 is 0 Å². The second-order valence-electron chi connectivity index (χ2n) is 4.03. The van der Waals surface area contributed by atoms with Crippen LogP contribution in [0.1, 0.15) is 11.6 Å². The first-order valence-corrected chi connectivity index (χ1v) is 9.15. The molecule has 22 heavy (non-hydrogen) atoms. The Labute approximate surface area is 161 Å². The van der Waals surface area contributed by atoms with Crippen molar-refractivity contribution in [1.82, 2.24) is 15.0 Å². The fourth-order valence-corrected chi connectivity index (χ4v) is 2.49. The van der Waals surface area contributed by atoms with Gasteiger partial charge in [-0.2, -0.15) is 0 Å². The number of nitrogens with zero attached hydrogens (tertiary/aromatic N) is 3. The summed E-state index contributed by atoms with van der Waals surface area (Å²) >= 11 is 36.6. The van der Waals surface area contributed by atoms with E-state index in [-0.39, 0.29) is 17.5 Å². The highest BCUT2D eigenvalue weighted by Crippen LogP contribution is 2.40. The minimum atomic E-state index is -1.86. The number of thioether (sulfide) groups is 1. The highest BCUT2D eigenvalue weighted by atomic mass is 35.6. The number of hydrogen-bond donors (Lipinski definition) is 0. The van der Waals surface area contributed by atoms with Crippen molar-refractivity contribution in [3.05, 3.63) is 35.9 Å². The number of halogens is 6. The molecule has 0 aliphatic heterocycles. The van der Waals surface area contributed by atoms with E-state index in [4.69, 9.17) is 69.6 Å². The molecule has 0 unspecified atom stereocenters. The van der Waals surface area contributed by atoms with Crippen LogP contribution < -0.4 is 0 Å². The molecular formula is C12H7Cl6N3S. The van der Waals surface area contributed by atoms with Crippen LogP contribution in [0.15, 0.2) is 29.2 Å². The molecule has 0 amide bonds. The van der Waals surface area contributed by atoms with E-state index in [1.807, 2.05) is 24.5 Å². The summed E-state index contributed by atoms with van der Waals surface area (Å²) in [6.45, 7) is 0. The molecule has 2 aromatic rings. The summed E-state index contributed by atoms with van der Waals surface area (Å²) in [4.78, 5) is 13.3. The zero-order valence-corrected chi connectivity index (χ0v) is 16.2. The number of rotatable bonds is 2. The second kappa shape index (κ2) is 7.06. The zero-order valence-electron chi connectivity index (χ0n) is 10.8. The highest BCUT2D eigenvalue weighted by molar-refractivity contribution is 7.98. The Bertz CT molecular complexity index is 651. The molecule has 0 spiro atoms. The largest absolute Gasteiger partial charge is 0.250 e. The molecule has 118 valence electrons. The van der Waals surface area contributed by atoms with Crippen LogP contribution in [0.4, 0.5) is 0 Å². The monoisotopic (exact) mass is 435 g/mol. The molecule has 1 aromatic carbocycles. The first-order chi connectivity index (χ1) is 10.1. The Morgan fingerprint density at radius 1 is 0.864 bits per heavy atom. The minimum Gasteiger partial charge on any atom is -0.209 e. The molecule has 0 fully saturated rings. The first-order valence-electron chi connectivity index (χ1n) is 5.66. The van der Waals surface area contributed by atoms with Gasteiger partial charge in [0, 0.05) is 10.5 Å². The van der Waals surface area contributed by atoms with E-state index >= 15 is 0 Å². The Hall–Kier alpha value is 0.320. The average Bonchev–Trinajstić information content (AvgIpc) is 2.45. The summed E-state index contributed by atoms with van der Waals surface area (Å²) in [6, 6.07) is 7.49. The topological polar surface area (TPSA) is 38.7 Å². The van der Waals surface area contributed by atoms with Crippen LogP contribution in [0.3, 0.4) is 0 Å². The standard InChI is InChI=1S/C12H7Cl6N3S/c1-22-7-4-2-3-6(5-7)8-19-9(11(13,14)15)21-10(20-8)12(16,17)18/h2-5H,1H3. The van der Waals surface area contributed by atoms with E-state index < -0.39 is 7.59 Å².